The van der Waals surface area contributed by atoms with E-state index >= 15 is 0 Å². The predicted octanol–water partition coefficient (Wildman–Crippen LogP) is 5.60. The van der Waals surface area contributed by atoms with E-state index in [4.69, 9.17) is 9.47 Å². The highest BCUT2D eigenvalue weighted by molar-refractivity contribution is 6.04. The number of nitrogens with zero attached hydrogens (tertiary/aromatic N) is 3. The fourth-order valence-corrected chi connectivity index (χ4v) is 6.84. The van der Waals surface area contributed by atoms with Gasteiger partial charge in [-0.1, -0.05) is 55.5 Å². The number of anilines is 1. The summed E-state index contributed by atoms with van der Waals surface area (Å²) in [5.41, 5.74) is 5.55. The second-order valence-corrected chi connectivity index (χ2v) is 12.5. The van der Waals surface area contributed by atoms with Crippen LogP contribution in [-0.4, -0.2) is 56.2 Å². The average Bonchev–Trinajstić information content (AvgIpc) is 3.45. The van der Waals surface area contributed by atoms with Crippen molar-refractivity contribution in [3.63, 3.8) is 0 Å². The van der Waals surface area contributed by atoms with Crippen LogP contribution in [0, 0.1) is 5.92 Å². The number of pyridine rings is 1. The van der Waals surface area contributed by atoms with Gasteiger partial charge in [0.1, 0.15) is 0 Å². The normalized spacial score (nSPS) is 22.3. The fourth-order valence-electron chi connectivity index (χ4n) is 6.84. The standard InChI is InChI=1S/C37H39N5O5/c1-24-33(22-41-18-15-30(16-19-41)42-32-10-3-2-9-31(32)40-37(42)45)46-36(47-34(24)26-13-11-25(23-43)12-14-26)27-6-4-8-29(20-27)39-35(44)28-7-5-17-38-21-28/h2-14,17,20-21,24,30,33-34,36,43H,15-16,18-19,22-23H2,1H3,(H,39,44)(H,40,45)/t24-,33+,34+,36+/m0/s1. The van der Waals surface area contributed by atoms with Gasteiger partial charge in [0.2, 0.25) is 0 Å². The fraction of sp³-hybridized carbons (Fsp3) is 0.324. The van der Waals surface area contributed by atoms with E-state index < -0.39 is 6.29 Å². The molecule has 7 rings (SSSR count). The summed E-state index contributed by atoms with van der Waals surface area (Å²) in [6.07, 6.45) is 3.86. The van der Waals surface area contributed by atoms with Gasteiger partial charge in [-0.2, -0.15) is 0 Å². The molecule has 2 aliphatic rings. The smallest absolute Gasteiger partial charge is 0.326 e. The second-order valence-electron chi connectivity index (χ2n) is 12.5. The van der Waals surface area contributed by atoms with Gasteiger partial charge in [0.15, 0.2) is 6.29 Å². The quantitative estimate of drug-likeness (QED) is 0.204. The van der Waals surface area contributed by atoms with Crippen molar-refractivity contribution in [3.05, 3.63) is 130 Å². The van der Waals surface area contributed by atoms with Crippen molar-refractivity contribution in [1.82, 2.24) is 19.4 Å². The number of imidazole rings is 1. The molecule has 2 aliphatic heterocycles. The third kappa shape index (κ3) is 6.63. The van der Waals surface area contributed by atoms with E-state index in [0.717, 1.165) is 60.2 Å². The lowest BCUT2D eigenvalue weighted by Gasteiger charge is -2.44. The van der Waals surface area contributed by atoms with Crippen LogP contribution in [-0.2, 0) is 16.1 Å². The van der Waals surface area contributed by atoms with Gasteiger partial charge < -0.3 is 29.8 Å². The van der Waals surface area contributed by atoms with Crippen LogP contribution < -0.4 is 11.0 Å². The van der Waals surface area contributed by atoms with E-state index in [9.17, 15) is 14.7 Å². The lowest BCUT2D eigenvalue weighted by molar-refractivity contribution is -0.276. The number of hydrogen-bond acceptors (Lipinski definition) is 7. The number of rotatable bonds is 8. The summed E-state index contributed by atoms with van der Waals surface area (Å²) in [6.45, 7) is 4.56. The zero-order valence-electron chi connectivity index (χ0n) is 26.3. The first kappa shape index (κ1) is 31.0. The van der Waals surface area contributed by atoms with Crippen molar-refractivity contribution in [2.45, 2.75) is 50.9 Å². The monoisotopic (exact) mass is 633 g/mol. The van der Waals surface area contributed by atoms with Crippen LogP contribution in [0.3, 0.4) is 0 Å². The molecule has 242 valence electrons. The number of hydrogen-bond donors (Lipinski definition) is 3. The number of piperidine rings is 1. The number of para-hydroxylation sites is 2. The molecule has 0 saturated carbocycles. The van der Waals surface area contributed by atoms with Crippen molar-refractivity contribution in [2.24, 2.45) is 5.92 Å². The molecule has 0 aliphatic carbocycles. The molecule has 47 heavy (non-hydrogen) atoms. The van der Waals surface area contributed by atoms with Gasteiger partial charge in [0.25, 0.3) is 5.91 Å². The largest absolute Gasteiger partial charge is 0.392 e. The molecule has 10 nitrogen and oxygen atoms in total. The molecule has 4 atom stereocenters. The summed E-state index contributed by atoms with van der Waals surface area (Å²) in [4.78, 5) is 35.1. The molecule has 2 saturated heterocycles. The first-order valence-corrected chi connectivity index (χ1v) is 16.2. The van der Waals surface area contributed by atoms with Crippen LogP contribution >= 0.6 is 0 Å². The Balaban J connectivity index is 1.09. The molecule has 3 N–H and O–H groups in total. The number of aromatic nitrogens is 3. The molecule has 5 aromatic rings. The maximum Gasteiger partial charge on any atom is 0.326 e. The van der Waals surface area contributed by atoms with Gasteiger partial charge in [-0.15, -0.1) is 0 Å². The Kier molecular flexibility index (Phi) is 8.99. The lowest BCUT2D eigenvalue weighted by Crippen LogP contribution is -2.47. The number of fused-ring (bicyclic) bond motifs is 1. The van der Waals surface area contributed by atoms with Gasteiger partial charge >= 0.3 is 5.69 Å². The number of nitrogens with one attached hydrogen (secondary N) is 2. The summed E-state index contributed by atoms with van der Waals surface area (Å²) in [6, 6.07) is 26.9. The summed E-state index contributed by atoms with van der Waals surface area (Å²) in [7, 11) is 0. The second kappa shape index (κ2) is 13.6. The third-order valence-electron chi connectivity index (χ3n) is 9.45. The summed E-state index contributed by atoms with van der Waals surface area (Å²) in [5, 5.41) is 12.6. The molecule has 0 radical (unpaired) electrons. The number of carbonyl (C=O) groups excluding carboxylic acids is 1. The van der Waals surface area contributed by atoms with Crippen LogP contribution in [0.2, 0.25) is 0 Å². The zero-order chi connectivity index (χ0) is 32.3. The zero-order valence-corrected chi connectivity index (χ0v) is 26.3. The number of aliphatic hydroxyl groups excluding tert-OH is 1. The first-order valence-electron chi connectivity index (χ1n) is 16.2. The summed E-state index contributed by atoms with van der Waals surface area (Å²) < 4.78 is 15.3. The minimum atomic E-state index is -0.656. The highest BCUT2D eigenvalue weighted by Crippen LogP contribution is 2.42. The Morgan fingerprint density at radius 1 is 0.979 bits per heavy atom. The highest BCUT2D eigenvalue weighted by Gasteiger charge is 2.39. The molecule has 0 unspecified atom stereocenters. The number of benzene rings is 3. The van der Waals surface area contributed by atoms with E-state index in [-0.39, 0.29) is 42.4 Å². The molecule has 1 amide bonds. The topological polar surface area (TPSA) is 122 Å². The molecule has 0 spiro atoms. The van der Waals surface area contributed by atoms with Crippen molar-refractivity contribution < 1.29 is 19.4 Å². The Morgan fingerprint density at radius 2 is 1.79 bits per heavy atom. The van der Waals surface area contributed by atoms with E-state index in [2.05, 4.69) is 27.1 Å². The molecule has 3 aromatic carbocycles. The van der Waals surface area contributed by atoms with Gasteiger partial charge in [-0.25, -0.2) is 4.79 Å². The van der Waals surface area contributed by atoms with Crippen molar-refractivity contribution in [1.29, 1.82) is 0 Å². The number of H-pyrrole nitrogens is 1. The first-order chi connectivity index (χ1) is 23.0. The van der Waals surface area contributed by atoms with E-state index in [1.54, 1.807) is 18.3 Å². The highest BCUT2D eigenvalue weighted by atomic mass is 16.7. The Hall–Kier alpha value is -4.61. The van der Waals surface area contributed by atoms with Crippen LogP contribution in [0.5, 0.6) is 0 Å². The number of ether oxygens (including phenoxy) is 2. The van der Waals surface area contributed by atoms with E-state index in [0.29, 0.717) is 11.3 Å². The third-order valence-corrected chi connectivity index (χ3v) is 9.45. The van der Waals surface area contributed by atoms with Crippen molar-refractivity contribution in [2.75, 3.05) is 25.0 Å². The SMILES string of the molecule is C[C@H]1[C@@H](CN2CCC(n3c(=O)[nH]c4ccccc43)CC2)O[C@@H](c2cccc(NC(=O)c3cccnc3)c2)O[C@H]1c1ccc(CO)cc1. The maximum atomic E-state index is 12.8. The molecule has 0 bridgehead atoms. The van der Waals surface area contributed by atoms with E-state index in [1.807, 2.05) is 77.4 Å². The summed E-state index contributed by atoms with van der Waals surface area (Å²) in [5.74, 6) is -0.207. The van der Waals surface area contributed by atoms with Crippen molar-refractivity contribution >= 4 is 22.6 Å². The van der Waals surface area contributed by atoms with Crippen molar-refractivity contribution in [3.8, 4) is 0 Å². The van der Waals surface area contributed by atoms with Gasteiger partial charge in [-0.3, -0.25) is 14.3 Å². The van der Waals surface area contributed by atoms with E-state index in [1.165, 1.54) is 6.20 Å². The van der Waals surface area contributed by atoms with Gasteiger partial charge in [0, 0.05) is 55.2 Å². The minimum absolute atomic E-state index is 0.0199. The predicted molar refractivity (Wildman–Crippen MR) is 179 cm³/mol. The Bertz CT molecular complexity index is 1880. The van der Waals surface area contributed by atoms with Gasteiger partial charge in [0.05, 0.1) is 35.4 Å². The number of carbonyl (C=O) groups is 1. The summed E-state index contributed by atoms with van der Waals surface area (Å²) >= 11 is 0. The van der Waals surface area contributed by atoms with Gasteiger partial charge in [-0.05, 0) is 60.4 Å². The van der Waals surface area contributed by atoms with Crippen LogP contribution in [0.4, 0.5) is 5.69 Å². The molecule has 2 fully saturated rings. The minimum Gasteiger partial charge on any atom is -0.392 e. The number of likely N-dealkylation sites (tertiary alicyclic amines) is 1. The lowest BCUT2D eigenvalue weighted by atomic mass is 9.89. The molecular weight excluding hydrogens is 594 g/mol. The molecule has 10 heteroatoms. The molecule has 4 heterocycles. The van der Waals surface area contributed by atoms with Crippen LogP contribution in [0.1, 0.15) is 65.2 Å². The van der Waals surface area contributed by atoms with Crippen LogP contribution in [0.25, 0.3) is 11.0 Å². The van der Waals surface area contributed by atoms with Crippen LogP contribution in [0.15, 0.2) is 102 Å². The number of aliphatic hydroxyl groups is 1. The number of aromatic amines is 1. The molecular formula is C37H39N5O5. The number of amides is 1. The molecule has 2 aromatic heterocycles. The maximum absolute atomic E-state index is 12.8. The Morgan fingerprint density at radius 3 is 2.55 bits per heavy atom. The average molecular weight is 634 g/mol. The Labute approximate surface area is 273 Å².